The molecule has 8 heteroatoms. The monoisotopic (exact) mass is 383 g/mol. The molecule has 0 spiro atoms. The molecule has 2 amide bonds. The van der Waals surface area contributed by atoms with Crippen molar-refractivity contribution in [2.75, 3.05) is 12.4 Å². The summed E-state index contributed by atoms with van der Waals surface area (Å²) >= 11 is 1.47. The number of hydrogen-bond donors (Lipinski definition) is 1. The van der Waals surface area contributed by atoms with Gasteiger partial charge in [-0.1, -0.05) is 12.1 Å². The van der Waals surface area contributed by atoms with E-state index < -0.39 is 5.54 Å². The van der Waals surface area contributed by atoms with E-state index in [0.29, 0.717) is 17.2 Å². The largest absolute Gasteiger partial charge is 0.321 e. The quantitative estimate of drug-likeness (QED) is 0.753. The van der Waals surface area contributed by atoms with Gasteiger partial charge >= 0.3 is 0 Å². The average molecular weight is 383 g/mol. The Labute approximate surface area is 161 Å². The SMILES string of the molecule is CC1=NC(C)(c2cccc(NC(=O)c3cn4ccsc4n3)c2)CC(=O)N1C.[HH]. The third-order valence-corrected chi connectivity index (χ3v) is 5.60. The summed E-state index contributed by atoms with van der Waals surface area (Å²) in [6.45, 7) is 3.76. The molecule has 0 saturated carbocycles. The van der Waals surface area contributed by atoms with E-state index in [2.05, 4.69) is 10.3 Å². The highest BCUT2D eigenvalue weighted by molar-refractivity contribution is 7.15. The van der Waals surface area contributed by atoms with Crippen LogP contribution in [-0.2, 0) is 10.3 Å². The molecule has 1 unspecified atom stereocenters. The van der Waals surface area contributed by atoms with Crippen molar-refractivity contribution in [2.45, 2.75) is 25.8 Å². The van der Waals surface area contributed by atoms with Gasteiger partial charge in [0.1, 0.15) is 11.5 Å². The maximum Gasteiger partial charge on any atom is 0.275 e. The number of aliphatic imine (C=N–C) groups is 1. The minimum Gasteiger partial charge on any atom is -0.321 e. The van der Waals surface area contributed by atoms with Crippen LogP contribution in [0.25, 0.3) is 4.96 Å². The standard InChI is InChI=1S/C19H19N5O2S.H2/c1-12-22-19(2,10-16(25)23(12)3)13-5-4-6-14(9-13)20-17(26)15-11-24-7-8-27-18(24)21-15;/h4-9,11H,10H2,1-3H3,(H,20,26);1H. The summed E-state index contributed by atoms with van der Waals surface area (Å²) in [6.07, 6.45) is 3.86. The van der Waals surface area contributed by atoms with Crippen molar-refractivity contribution in [3.8, 4) is 0 Å². The topological polar surface area (TPSA) is 79.1 Å². The fourth-order valence-corrected chi connectivity index (χ4v) is 3.90. The van der Waals surface area contributed by atoms with E-state index in [1.165, 1.54) is 11.3 Å². The van der Waals surface area contributed by atoms with Gasteiger partial charge < -0.3 is 10.2 Å². The zero-order valence-electron chi connectivity index (χ0n) is 15.3. The van der Waals surface area contributed by atoms with Crippen molar-refractivity contribution >= 4 is 39.6 Å². The van der Waals surface area contributed by atoms with Crippen molar-refractivity contribution < 1.29 is 11.0 Å². The van der Waals surface area contributed by atoms with Crippen molar-refractivity contribution in [3.63, 3.8) is 0 Å². The molecular formula is C19H21N5O2S. The van der Waals surface area contributed by atoms with Gasteiger partial charge in [0.15, 0.2) is 4.96 Å². The van der Waals surface area contributed by atoms with E-state index in [1.54, 1.807) is 18.1 Å². The van der Waals surface area contributed by atoms with Gasteiger partial charge in [0, 0.05) is 31.9 Å². The first kappa shape index (κ1) is 17.4. The predicted octanol–water partition coefficient (Wildman–Crippen LogP) is 3.39. The van der Waals surface area contributed by atoms with Crippen molar-refractivity contribution in [3.05, 3.63) is 53.3 Å². The first-order chi connectivity index (χ1) is 12.9. The number of aromatic nitrogens is 2. The van der Waals surface area contributed by atoms with Gasteiger partial charge in [-0.05, 0) is 31.5 Å². The summed E-state index contributed by atoms with van der Waals surface area (Å²) < 4.78 is 1.82. The molecule has 1 aromatic carbocycles. The smallest absolute Gasteiger partial charge is 0.275 e. The van der Waals surface area contributed by atoms with Crippen LogP contribution in [0.1, 0.15) is 37.7 Å². The molecule has 0 aliphatic carbocycles. The molecule has 0 radical (unpaired) electrons. The predicted molar refractivity (Wildman–Crippen MR) is 107 cm³/mol. The summed E-state index contributed by atoms with van der Waals surface area (Å²) in [6, 6.07) is 7.47. The molecule has 140 valence electrons. The van der Waals surface area contributed by atoms with Crippen LogP contribution in [0.15, 0.2) is 47.0 Å². The van der Waals surface area contributed by atoms with Crippen LogP contribution in [0.5, 0.6) is 0 Å². The molecule has 1 atom stereocenters. The summed E-state index contributed by atoms with van der Waals surface area (Å²) in [4.78, 5) is 36.2. The van der Waals surface area contributed by atoms with E-state index in [9.17, 15) is 9.59 Å². The van der Waals surface area contributed by atoms with Crippen LogP contribution in [0.2, 0.25) is 0 Å². The summed E-state index contributed by atoms with van der Waals surface area (Å²) in [5.41, 5.74) is 1.24. The molecule has 0 bridgehead atoms. The fraction of sp³-hybridized carbons (Fsp3) is 0.263. The van der Waals surface area contributed by atoms with Gasteiger partial charge in [-0.15, -0.1) is 11.3 Å². The Morgan fingerprint density at radius 3 is 2.96 bits per heavy atom. The maximum atomic E-state index is 12.5. The second-order valence-electron chi connectivity index (χ2n) is 6.82. The van der Waals surface area contributed by atoms with Crippen molar-refractivity contribution in [1.29, 1.82) is 0 Å². The molecule has 1 aliphatic heterocycles. The number of thiazole rings is 1. The zero-order chi connectivity index (χ0) is 19.2. The number of benzene rings is 1. The summed E-state index contributed by atoms with van der Waals surface area (Å²) in [5, 5.41) is 4.80. The molecule has 2 aromatic heterocycles. The first-order valence-corrected chi connectivity index (χ1v) is 9.41. The highest BCUT2D eigenvalue weighted by Crippen LogP contribution is 2.34. The lowest BCUT2D eigenvalue weighted by molar-refractivity contribution is -0.128. The number of carbonyl (C=O) groups excluding carboxylic acids is 2. The van der Waals surface area contributed by atoms with Crippen molar-refractivity contribution in [1.82, 2.24) is 14.3 Å². The molecular weight excluding hydrogens is 362 g/mol. The van der Waals surface area contributed by atoms with Gasteiger partial charge in [-0.2, -0.15) is 0 Å². The van der Waals surface area contributed by atoms with Gasteiger partial charge in [0.2, 0.25) is 5.91 Å². The molecule has 3 heterocycles. The van der Waals surface area contributed by atoms with Crippen LogP contribution >= 0.6 is 11.3 Å². The molecule has 4 rings (SSSR count). The molecule has 7 nitrogen and oxygen atoms in total. The van der Waals surface area contributed by atoms with E-state index in [1.807, 2.05) is 54.1 Å². The van der Waals surface area contributed by atoms with Crippen LogP contribution in [0.4, 0.5) is 5.69 Å². The molecule has 1 aliphatic rings. The highest BCUT2D eigenvalue weighted by atomic mass is 32.1. The fourth-order valence-electron chi connectivity index (χ4n) is 3.20. The van der Waals surface area contributed by atoms with E-state index in [-0.39, 0.29) is 19.7 Å². The third-order valence-electron chi connectivity index (χ3n) is 4.83. The van der Waals surface area contributed by atoms with E-state index in [0.717, 1.165) is 10.5 Å². The number of rotatable bonds is 3. The molecule has 0 saturated heterocycles. The van der Waals surface area contributed by atoms with Crippen molar-refractivity contribution in [2.24, 2.45) is 4.99 Å². The zero-order valence-corrected chi connectivity index (χ0v) is 16.1. The second-order valence-corrected chi connectivity index (χ2v) is 7.69. The van der Waals surface area contributed by atoms with Gasteiger partial charge in [0.25, 0.3) is 5.91 Å². The molecule has 1 N–H and O–H groups in total. The number of imidazole rings is 1. The Bertz CT molecular complexity index is 1060. The first-order valence-electron chi connectivity index (χ1n) is 8.53. The lowest BCUT2D eigenvalue weighted by Crippen LogP contribution is -2.42. The number of nitrogens with one attached hydrogen (secondary N) is 1. The Morgan fingerprint density at radius 2 is 2.22 bits per heavy atom. The molecule has 27 heavy (non-hydrogen) atoms. The number of hydrogen-bond acceptors (Lipinski definition) is 5. The molecule has 3 aromatic rings. The maximum absolute atomic E-state index is 12.5. The van der Waals surface area contributed by atoms with Gasteiger partial charge in [-0.25, -0.2) is 4.98 Å². The number of anilines is 1. The van der Waals surface area contributed by atoms with Crippen LogP contribution < -0.4 is 5.32 Å². The highest BCUT2D eigenvalue weighted by Gasteiger charge is 2.35. The Hall–Kier alpha value is -3.00. The Kier molecular flexibility index (Phi) is 4.07. The summed E-state index contributed by atoms with van der Waals surface area (Å²) in [5.74, 6) is 0.436. The number of nitrogens with zero attached hydrogens (tertiary/aromatic N) is 4. The second kappa shape index (κ2) is 6.31. The molecule has 0 fully saturated rings. The average Bonchev–Trinajstić information content (AvgIpc) is 3.22. The van der Waals surface area contributed by atoms with Gasteiger partial charge in [-0.3, -0.25) is 19.0 Å². The van der Waals surface area contributed by atoms with E-state index >= 15 is 0 Å². The number of fused-ring (bicyclic) bond motifs is 1. The van der Waals surface area contributed by atoms with E-state index in [4.69, 9.17) is 4.99 Å². The minimum absolute atomic E-state index is 0. The lowest BCUT2D eigenvalue weighted by Gasteiger charge is -2.34. The number of carbonyl (C=O) groups is 2. The Morgan fingerprint density at radius 1 is 1.41 bits per heavy atom. The lowest BCUT2D eigenvalue weighted by atomic mass is 9.87. The van der Waals surface area contributed by atoms with Crippen LogP contribution in [0, 0.1) is 0 Å². The summed E-state index contributed by atoms with van der Waals surface area (Å²) in [7, 11) is 1.73. The minimum atomic E-state index is -0.647. The van der Waals surface area contributed by atoms with Gasteiger partial charge in [0.05, 0.1) is 12.0 Å². The number of amides is 2. The van der Waals surface area contributed by atoms with Crippen LogP contribution in [0.3, 0.4) is 0 Å². The van der Waals surface area contributed by atoms with Crippen LogP contribution in [-0.4, -0.2) is 39.0 Å². The normalized spacial score (nSPS) is 20.0. The third kappa shape index (κ3) is 3.12. The Balaban J connectivity index is 0.00000225. The number of amidine groups is 1.